The van der Waals surface area contributed by atoms with Crippen LogP contribution in [0.15, 0.2) is 66.9 Å². The Morgan fingerprint density at radius 3 is 1.81 bits per heavy atom. The molecule has 3 aliphatic heterocycles. The molecule has 1 radical (unpaired) electrons. The monoisotopic (exact) mass is 790 g/mol. The molecular formula is C33H39HoN9O4. The van der Waals surface area contributed by atoms with Gasteiger partial charge in [0.1, 0.15) is 5.69 Å². The first-order valence-corrected chi connectivity index (χ1v) is 15.6. The molecule has 0 saturated carbocycles. The zero-order valence-electron chi connectivity index (χ0n) is 26.1. The average molecular weight is 791 g/mol. The number of rotatable bonds is 5. The van der Waals surface area contributed by atoms with Crippen LogP contribution in [0.4, 0.5) is 0 Å². The summed E-state index contributed by atoms with van der Waals surface area (Å²) in [5, 5.41) is 28.0. The van der Waals surface area contributed by atoms with Gasteiger partial charge in [-0.3, -0.25) is 34.2 Å². The molecule has 14 heteroatoms. The van der Waals surface area contributed by atoms with Gasteiger partial charge in [-0.2, -0.15) is 0 Å². The van der Waals surface area contributed by atoms with Crippen molar-refractivity contribution < 1.29 is 57.5 Å². The summed E-state index contributed by atoms with van der Waals surface area (Å²) in [6.45, 7) is 6.03. The van der Waals surface area contributed by atoms with Crippen LogP contribution >= 0.6 is 0 Å². The molecule has 251 valence electrons. The number of carboxylic acids is 2. The summed E-state index contributed by atoms with van der Waals surface area (Å²) in [6.07, 6.45) is 1.72. The summed E-state index contributed by atoms with van der Waals surface area (Å²) in [5.74, 6) is -1.72. The predicted octanol–water partition coefficient (Wildman–Crippen LogP) is 1.85. The summed E-state index contributed by atoms with van der Waals surface area (Å²) in [6, 6.07) is 20.2. The van der Waals surface area contributed by atoms with E-state index in [2.05, 4.69) is 44.4 Å². The molecule has 1 saturated heterocycles. The zero-order valence-corrected chi connectivity index (χ0v) is 28.0. The molecule has 4 aromatic rings. The Morgan fingerprint density at radius 2 is 1.21 bits per heavy atom. The van der Waals surface area contributed by atoms with Gasteiger partial charge in [0.15, 0.2) is 0 Å². The van der Waals surface area contributed by atoms with Crippen molar-refractivity contribution >= 4 is 11.9 Å². The SMILES string of the molecule is O=C(O)CN1CCN2CCN(CC(=O)O)CCN(CC1)Cc1cccc(n1)-c1cnnn1Cc1cc(-c3ccccc3)cc(n1)C2.[Ho]. The van der Waals surface area contributed by atoms with Crippen molar-refractivity contribution in [2.24, 2.45) is 0 Å². The largest absolute Gasteiger partial charge is 0.480 e. The van der Waals surface area contributed by atoms with Gasteiger partial charge in [0, 0.05) is 103 Å². The van der Waals surface area contributed by atoms with Crippen LogP contribution in [0, 0.1) is 37.7 Å². The molecule has 7 rings (SSSR count). The molecule has 1 fully saturated rings. The van der Waals surface area contributed by atoms with Crippen LogP contribution in [-0.4, -0.2) is 132 Å². The van der Waals surface area contributed by atoms with E-state index >= 15 is 0 Å². The first-order chi connectivity index (χ1) is 22.4. The topological polar surface area (TPSA) is 144 Å². The van der Waals surface area contributed by atoms with E-state index < -0.39 is 11.9 Å². The summed E-state index contributed by atoms with van der Waals surface area (Å²) in [4.78, 5) is 42.2. The number of carboxylic acid groups (broad SMARTS) is 2. The first-order valence-electron chi connectivity index (χ1n) is 15.6. The minimum Gasteiger partial charge on any atom is -0.480 e. The molecule has 6 heterocycles. The summed E-state index contributed by atoms with van der Waals surface area (Å²) in [5.41, 5.74) is 6.18. The van der Waals surface area contributed by atoms with Gasteiger partial charge < -0.3 is 10.2 Å². The molecule has 3 aromatic heterocycles. The second-order valence-electron chi connectivity index (χ2n) is 11.9. The van der Waals surface area contributed by atoms with Crippen molar-refractivity contribution in [3.05, 3.63) is 83.9 Å². The number of aliphatic carboxylic acids is 2. The van der Waals surface area contributed by atoms with Gasteiger partial charge in [-0.15, -0.1) is 5.10 Å². The molecule has 1 aromatic carbocycles. The average Bonchev–Trinajstić information content (AvgIpc) is 3.50. The Morgan fingerprint density at radius 1 is 0.638 bits per heavy atom. The molecule has 2 N–H and O–H groups in total. The summed E-state index contributed by atoms with van der Waals surface area (Å²) < 4.78 is 1.84. The number of hydrogen-bond acceptors (Lipinski definition) is 10. The van der Waals surface area contributed by atoms with Crippen LogP contribution in [0.3, 0.4) is 0 Å². The van der Waals surface area contributed by atoms with E-state index in [4.69, 9.17) is 9.97 Å². The van der Waals surface area contributed by atoms with E-state index in [1.54, 1.807) is 6.20 Å². The van der Waals surface area contributed by atoms with E-state index in [1.165, 1.54) is 0 Å². The second kappa shape index (κ2) is 16.7. The Kier molecular flexibility index (Phi) is 12.4. The maximum atomic E-state index is 11.8. The molecule has 13 nitrogen and oxygen atoms in total. The fourth-order valence-electron chi connectivity index (χ4n) is 6.10. The van der Waals surface area contributed by atoms with Gasteiger partial charge >= 0.3 is 11.9 Å². The van der Waals surface area contributed by atoms with E-state index in [1.807, 2.05) is 50.9 Å². The quantitative estimate of drug-likeness (QED) is 0.285. The van der Waals surface area contributed by atoms with E-state index in [0.29, 0.717) is 72.0 Å². The van der Waals surface area contributed by atoms with Gasteiger partial charge in [-0.1, -0.05) is 41.6 Å². The van der Waals surface area contributed by atoms with Crippen LogP contribution in [0.5, 0.6) is 0 Å². The van der Waals surface area contributed by atoms with Crippen molar-refractivity contribution in [1.29, 1.82) is 0 Å². The normalized spacial score (nSPS) is 19.6. The fourth-order valence-corrected chi connectivity index (χ4v) is 6.10. The summed E-state index contributed by atoms with van der Waals surface area (Å²) in [7, 11) is 0. The van der Waals surface area contributed by atoms with Crippen molar-refractivity contribution in [2.45, 2.75) is 19.6 Å². The number of aromatic nitrogens is 5. The minimum atomic E-state index is -0.860. The van der Waals surface area contributed by atoms with Gasteiger partial charge in [-0.05, 0) is 35.4 Å². The van der Waals surface area contributed by atoms with E-state index in [9.17, 15) is 19.8 Å². The van der Waals surface area contributed by atoms with Crippen LogP contribution < -0.4 is 0 Å². The van der Waals surface area contributed by atoms with E-state index in [-0.39, 0.29) is 50.8 Å². The van der Waals surface area contributed by atoms with E-state index in [0.717, 1.165) is 39.6 Å². The molecule has 0 unspecified atom stereocenters. The third-order valence-electron chi connectivity index (χ3n) is 8.46. The Labute approximate surface area is 303 Å². The van der Waals surface area contributed by atoms with Gasteiger partial charge in [0.25, 0.3) is 0 Å². The number of pyridine rings is 2. The van der Waals surface area contributed by atoms with Crippen molar-refractivity contribution in [2.75, 3.05) is 65.4 Å². The van der Waals surface area contributed by atoms with Crippen molar-refractivity contribution in [1.82, 2.24) is 44.6 Å². The smallest absolute Gasteiger partial charge is 0.317 e. The van der Waals surface area contributed by atoms with Crippen LogP contribution in [0.25, 0.3) is 22.5 Å². The molecule has 0 amide bonds. The number of benzene rings is 1. The molecule has 6 bridgehead atoms. The third-order valence-corrected chi connectivity index (χ3v) is 8.46. The standard InChI is InChI=1S/C33H39N9O4.Ho/c43-32(44)23-40-13-9-38-10-14-41(24-33(45)46)16-12-39(11-15-40)21-28-17-26(25-5-2-1-3-6-25)18-29(35-28)22-42-31(19-34-37-42)30-8-4-7-27(20-38)36-30;/h1-8,17-19H,9-16,20-24H2,(H,43,44)(H,45,46);. The first kappa shape index (κ1) is 35.0. The number of nitrogens with zero attached hydrogens (tertiary/aromatic N) is 9. The number of carbonyl (C=O) groups is 2. The molecule has 47 heavy (non-hydrogen) atoms. The molecule has 0 spiro atoms. The van der Waals surface area contributed by atoms with Crippen molar-refractivity contribution in [3.63, 3.8) is 0 Å². The zero-order chi connectivity index (χ0) is 31.9. The third kappa shape index (κ3) is 9.86. The molecule has 0 atom stereocenters. The second-order valence-corrected chi connectivity index (χ2v) is 11.9. The van der Waals surface area contributed by atoms with Gasteiger partial charge in [-0.25, -0.2) is 9.67 Å². The molecule has 0 aliphatic carbocycles. The Hall–Kier alpha value is -3.30. The maximum absolute atomic E-state index is 11.8. The van der Waals surface area contributed by atoms with Crippen molar-refractivity contribution in [3.8, 4) is 22.5 Å². The van der Waals surface area contributed by atoms with Crippen LogP contribution in [0.1, 0.15) is 17.1 Å². The van der Waals surface area contributed by atoms with Gasteiger partial charge in [0.05, 0.1) is 48.6 Å². The summed E-state index contributed by atoms with van der Waals surface area (Å²) >= 11 is 0. The predicted molar refractivity (Wildman–Crippen MR) is 171 cm³/mol. The Balaban J connectivity index is 0.00000433. The van der Waals surface area contributed by atoms with Gasteiger partial charge in [0.2, 0.25) is 0 Å². The molecule has 3 aliphatic rings. The molecular weight excluding hydrogens is 751 g/mol. The number of fused-ring (bicyclic) bond motifs is 8. The number of hydrogen-bond donors (Lipinski definition) is 2. The van der Waals surface area contributed by atoms with Crippen LogP contribution in [-0.2, 0) is 29.2 Å². The Bertz CT molecular complexity index is 1620. The van der Waals surface area contributed by atoms with Crippen LogP contribution in [0.2, 0.25) is 0 Å². The minimum absolute atomic E-state index is 0. The fraction of sp³-hybridized carbons (Fsp3) is 0.394. The maximum Gasteiger partial charge on any atom is 0.317 e.